The fourth-order valence-electron chi connectivity index (χ4n) is 3.23. The summed E-state index contributed by atoms with van der Waals surface area (Å²) in [5, 5.41) is 10.0. The lowest BCUT2D eigenvalue weighted by atomic mass is 10.1. The number of rotatable bonds is 7. The number of aromatic amines is 1. The van der Waals surface area contributed by atoms with Gasteiger partial charge in [0.2, 0.25) is 5.75 Å². The molecule has 0 amide bonds. The molecule has 0 spiro atoms. The van der Waals surface area contributed by atoms with Gasteiger partial charge in [-0.25, -0.2) is 4.79 Å². The first-order valence-electron chi connectivity index (χ1n) is 9.63. The number of aromatic nitrogens is 2. The number of carbonyl (C=O) groups is 1. The van der Waals surface area contributed by atoms with E-state index < -0.39 is 0 Å². The van der Waals surface area contributed by atoms with Gasteiger partial charge in [-0.2, -0.15) is 0 Å². The maximum Gasteiger partial charge on any atom is 0.330 e. The number of benzene rings is 2. The number of methoxy groups -OCH3 is 2. The van der Waals surface area contributed by atoms with E-state index in [-0.39, 0.29) is 28.7 Å². The van der Waals surface area contributed by atoms with E-state index in [0.717, 1.165) is 0 Å². The molecule has 32 heavy (non-hydrogen) atoms. The summed E-state index contributed by atoms with van der Waals surface area (Å²) >= 11 is 0. The Morgan fingerprint density at radius 2 is 1.84 bits per heavy atom. The molecule has 2 aromatic heterocycles. The monoisotopic (exact) mass is 432 g/mol. The molecule has 0 atom stereocenters. The van der Waals surface area contributed by atoms with Crippen molar-refractivity contribution >= 4 is 11.9 Å². The van der Waals surface area contributed by atoms with E-state index in [0.29, 0.717) is 28.3 Å². The van der Waals surface area contributed by atoms with Crippen LogP contribution in [0.1, 0.15) is 15.9 Å². The Balaban J connectivity index is 1.61. The topological polar surface area (TPSA) is 107 Å². The number of imidazole rings is 1. The number of ketones is 1. The van der Waals surface area contributed by atoms with E-state index in [1.54, 1.807) is 60.8 Å². The van der Waals surface area contributed by atoms with E-state index in [2.05, 4.69) is 4.98 Å². The summed E-state index contributed by atoms with van der Waals surface area (Å²) in [5.74, 6) is 0.635. The van der Waals surface area contributed by atoms with Gasteiger partial charge in [0.1, 0.15) is 5.69 Å². The molecule has 0 bridgehead atoms. The fourth-order valence-corrected chi connectivity index (χ4v) is 3.23. The predicted molar refractivity (Wildman–Crippen MR) is 119 cm³/mol. The smallest absolute Gasteiger partial charge is 0.330 e. The number of hydrogen-bond donors (Lipinski definition) is 2. The molecule has 0 aliphatic rings. The molecule has 0 aliphatic heterocycles. The summed E-state index contributed by atoms with van der Waals surface area (Å²) in [6.45, 7) is 0. The third-order valence-corrected chi connectivity index (χ3v) is 4.84. The molecule has 162 valence electrons. The van der Waals surface area contributed by atoms with Crippen molar-refractivity contribution in [2.45, 2.75) is 0 Å². The summed E-state index contributed by atoms with van der Waals surface area (Å²) in [6, 6.07) is 13.4. The van der Waals surface area contributed by atoms with Crippen LogP contribution in [0.15, 0.2) is 76.3 Å². The van der Waals surface area contributed by atoms with Crippen LogP contribution >= 0.6 is 0 Å². The van der Waals surface area contributed by atoms with Crippen LogP contribution in [0.25, 0.3) is 23.2 Å². The maximum atomic E-state index is 12.7. The maximum absolute atomic E-state index is 12.7. The second-order valence-corrected chi connectivity index (χ2v) is 6.84. The fraction of sp³-hybridized carbons (Fsp3) is 0.0833. The van der Waals surface area contributed by atoms with Crippen molar-refractivity contribution in [3.63, 3.8) is 0 Å². The van der Waals surface area contributed by atoms with Crippen LogP contribution < -0.4 is 15.2 Å². The van der Waals surface area contributed by atoms with Crippen molar-refractivity contribution in [1.29, 1.82) is 0 Å². The van der Waals surface area contributed by atoms with Gasteiger partial charge in [0.25, 0.3) is 0 Å². The number of furan rings is 1. The van der Waals surface area contributed by atoms with Crippen molar-refractivity contribution < 1.29 is 23.8 Å². The Morgan fingerprint density at radius 3 is 2.50 bits per heavy atom. The first kappa shape index (κ1) is 20.8. The van der Waals surface area contributed by atoms with E-state index in [1.807, 2.05) is 0 Å². The molecular weight excluding hydrogens is 412 g/mol. The number of allylic oxidation sites excluding steroid dienone is 1. The van der Waals surface area contributed by atoms with Crippen LogP contribution in [-0.2, 0) is 0 Å². The molecule has 4 rings (SSSR count). The van der Waals surface area contributed by atoms with Crippen LogP contribution in [0, 0.1) is 0 Å². The number of carbonyl (C=O) groups excluding carboxylic acids is 1. The first-order chi connectivity index (χ1) is 15.5. The lowest BCUT2D eigenvalue weighted by Gasteiger charge is -2.09. The minimum absolute atomic E-state index is 0.114. The lowest BCUT2D eigenvalue weighted by Crippen LogP contribution is -2.14. The molecule has 0 unspecified atom stereocenters. The van der Waals surface area contributed by atoms with E-state index >= 15 is 0 Å². The number of aromatic hydroxyl groups is 1. The van der Waals surface area contributed by atoms with Crippen LogP contribution in [-0.4, -0.2) is 34.7 Å². The number of ether oxygens (including phenoxy) is 2. The summed E-state index contributed by atoms with van der Waals surface area (Å²) in [7, 11) is 2.86. The Bertz CT molecular complexity index is 1320. The van der Waals surface area contributed by atoms with Gasteiger partial charge in [0.05, 0.1) is 26.2 Å². The molecular formula is C24H20N2O6. The molecule has 0 fully saturated rings. The number of phenols is 1. The van der Waals surface area contributed by atoms with Crippen LogP contribution in [0.2, 0.25) is 0 Å². The minimum Gasteiger partial charge on any atom is -0.502 e. The molecule has 2 aromatic carbocycles. The number of phenolic OH excluding ortho intramolecular Hbond substituents is 1. The molecule has 8 nitrogen and oxygen atoms in total. The highest BCUT2D eigenvalue weighted by molar-refractivity contribution is 6.07. The van der Waals surface area contributed by atoms with Gasteiger partial charge in [0, 0.05) is 11.8 Å². The number of nitrogens with zero attached hydrogens (tertiary/aromatic N) is 1. The molecule has 0 saturated carbocycles. The lowest BCUT2D eigenvalue weighted by molar-refractivity contribution is 0.104. The van der Waals surface area contributed by atoms with Crippen molar-refractivity contribution in [3.8, 4) is 34.4 Å². The van der Waals surface area contributed by atoms with Gasteiger partial charge >= 0.3 is 5.69 Å². The zero-order chi connectivity index (χ0) is 22.7. The zero-order valence-corrected chi connectivity index (χ0v) is 17.4. The standard InChI is InChI=1S/C24H20N2O6/c1-30-21-11-15(12-22(31-2)23(21)28)8-9-19(27)16-5-3-6-17(13-16)26-14-18(25-24(26)29)20-7-4-10-32-20/h3-14,28H,1-2H3,(H,25,29). The van der Waals surface area contributed by atoms with Crippen LogP contribution in [0.4, 0.5) is 0 Å². The summed E-state index contributed by atoms with van der Waals surface area (Å²) in [4.78, 5) is 27.9. The van der Waals surface area contributed by atoms with Crippen molar-refractivity contribution in [2.24, 2.45) is 0 Å². The Morgan fingerprint density at radius 1 is 1.09 bits per heavy atom. The summed E-state index contributed by atoms with van der Waals surface area (Å²) < 4.78 is 17.0. The van der Waals surface area contributed by atoms with E-state index in [1.165, 1.54) is 31.1 Å². The van der Waals surface area contributed by atoms with Gasteiger partial charge < -0.3 is 24.0 Å². The molecule has 0 radical (unpaired) electrons. The highest BCUT2D eigenvalue weighted by Crippen LogP contribution is 2.37. The van der Waals surface area contributed by atoms with Crippen molar-refractivity contribution in [2.75, 3.05) is 14.2 Å². The molecule has 2 N–H and O–H groups in total. The Labute approximate surface area is 183 Å². The third kappa shape index (κ3) is 4.06. The number of H-pyrrole nitrogens is 1. The normalized spacial score (nSPS) is 11.1. The number of hydrogen-bond acceptors (Lipinski definition) is 6. The number of nitrogens with one attached hydrogen (secondary N) is 1. The molecule has 2 heterocycles. The quantitative estimate of drug-likeness (QED) is 0.337. The Hall–Kier alpha value is -4.46. The third-order valence-electron chi connectivity index (χ3n) is 4.84. The first-order valence-corrected chi connectivity index (χ1v) is 9.63. The van der Waals surface area contributed by atoms with Crippen LogP contribution in [0.5, 0.6) is 17.2 Å². The average molecular weight is 432 g/mol. The highest BCUT2D eigenvalue weighted by atomic mass is 16.5. The summed E-state index contributed by atoms with van der Waals surface area (Å²) in [6.07, 6.45) is 6.14. The van der Waals surface area contributed by atoms with Gasteiger partial charge in [-0.05, 0) is 48.0 Å². The van der Waals surface area contributed by atoms with Crippen molar-refractivity contribution in [3.05, 3.63) is 88.7 Å². The van der Waals surface area contributed by atoms with Gasteiger partial charge in [0.15, 0.2) is 23.0 Å². The summed E-state index contributed by atoms with van der Waals surface area (Å²) in [5.41, 5.74) is 1.75. The average Bonchev–Trinajstić information content (AvgIpc) is 3.48. The molecule has 0 aliphatic carbocycles. The second-order valence-electron chi connectivity index (χ2n) is 6.84. The van der Waals surface area contributed by atoms with Crippen LogP contribution in [0.3, 0.4) is 0 Å². The molecule has 0 saturated heterocycles. The minimum atomic E-state index is -0.347. The van der Waals surface area contributed by atoms with E-state index in [9.17, 15) is 14.7 Å². The largest absolute Gasteiger partial charge is 0.502 e. The second kappa shape index (κ2) is 8.73. The van der Waals surface area contributed by atoms with Gasteiger partial charge in [-0.15, -0.1) is 0 Å². The predicted octanol–water partition coefficient (Wildman–Crippen LogP) is 4.04. The van der Waals surface area contributed by atoms with E-state index in [4.69, 9.17) is 13.9 Å². The zero-order valence-electron chi connectivity index (χ0n) is 17.4. The highest BCUT2D eigenvalue weighted by Gasteiger charge is 2.12. The molecule has 4 aromatic rings. The Kier molecular flexibility index (Phi) is 5.67. The van der Waals surface area contributed by atoms with Crippen molar-refractivity contribution in [1.82, 2.24) is 9.55 Å². The molecule has 8 heteroatoms. The SMILES string of the molecule is COc1cc(C=CC(=O)c2cccc(-n3cc(-c4ccco4)[nH]c3=O)c2)cc(OC)c1O. The van der Waals surface area contributed by atoms with Gasteiger partial charge in [-0.1, -0.05) is 18.2 Å². The van der Waals surface area contributed by atoms with Gasteiger partial charge in [-0.3, -0.25) is 9.36 Å².